The van der Waals surface area contributed by atoms with Crippen LogP contribution in [0.5, 0.6) is 5.75 Å². The van der Waals surface area contributed by atoms with E-state index in [1.807, 2.05) is 32.9 Å². The van der Waals surface area contributed by atoms with Gasteiger partial charge in [-0.15, -0.1) is 0 Å². The Labute approximate surface area is 157 Å². The lowest BCUT2D eigenvalue weighted by atomic mass is 9.99. The smallest absolute Gasteiger partial charge is 0.261 e. The van der Waals surface area contributed by atoms with Crippen molar-refractivity contribution < 1.29 is 9.53 Å². The molecule has 0 aliphatic carbocycles. The first-order valence-corrected chi connectivity index (χ1v) is 9.47. The van der Waals surface area contributed by atoms with Crippen molar-refractivity contribution in [3.63, 3.8) is 0 Å². The average molecular weight is 354 g/mol. The van der Waals surface area contributed by atoms with Crippen molar-refractivity contribution >= 4 is 5.91 Å². The summed E-state index contributed by atoms with van der Waals surface area (Å²) in [4.78, 5) is 12.8. The topological polar surface area (TPSA) is 38.3 Å². The molecule has 0 radical (unpaired) electrons. The van der Waals surface area contributed by atoms with Gasteiger partial charge < -0.3 is 10.1 Å². The molecule has 2 aromatic rings. The number of carbonyl (C=O) groups excluding carboxylic acids is 1. The van der Waals surface area contributed by atoms with Gasteiger partial charge in [0.25, 0.3) is 5.91 Å². The lowest BCUT2D eigenvalue weighted by Gasteiger charge is -2.23. The summed E-state index contributed by atoms with van der Waals surface area (Å²) in [6.07, 6.45) is 0.979. The number of benzene rings is 2. The molecule has 3 heteroatoms. The molecule has 2 aromatic carbocycles. The van der Waals surface area contributed by atoms with Crippen LogP contribution in [0.4, 0.5) is 0 Å². The quantitative estimate of drug-likeness (QED) is 0.729. The van der Waals surface area contributed by atoms with Crippen LogP contribution in [0.15, 0.2) is 36.4 Å². The number of hydrogen-bond donors (Lipinski definition) is 1. The zero-order chi connectivity index (χ0) is 19.3. The Bertz CT molecular complexity index is 767. The van der Waals surface area contributed by atoms with Gasteiger partial charge in [0.15, 0.2) is 6.10 Å². The third-order valence-corrected chi connectivity index (χ3v) is 4.93. The second-order valence-electron chi connectivity index (χ2n) is 7.10. The van der Waals surface area contributed by atoms with Gasteiger partial charge in [-0.05, 0) is 74.4 Å². The average Bonchev–Trinajstić information content (AvgIpc) is 2.62. The van der Waals surface area contributed by atoms with Gasteiger partial charge in [-0.25, -0.2) is 0 Å². The van der Waals surface area contributed by atoms with Crippen molar-refractivity contribution in [1.82, 2.24) is 5.32 Å². The minimum absolute atomic E-state index is 0.00180. The van der Waals surface area contributed by atoms with E-state index < -0.39 is 6.10 Å². The van der Waals surface area contributed by atoms with E-state index in [-0.39, 0.29) is 11.9 Å². The molecule has 26 heavy (non-hydrogen) atoms. The summed E-state index contributed by atoms with van der Waals surface area (Å²) in [7, 11) is 0. The molecule has 0 unspecified atom stereocenters. The minimum Gasteiger partial charge on any atom is -0.480 e. The van der Waals surface area contributed by atoms with E-state index >= 15 is 0 Å². The largest absolute Gasteiger partial charge is 0.480 e. The maximum absolute atomic E-state index is 12.8. The molecule has 2 atom stereocenters. The van der Waals surface area contributed by atoms with Gasteiger partial charge in [-0.3, -0.25) is 4.79 Å². The number of hydrogen-bond acceptors (Lipinski definition) is 2. The van der Waals surface area contributed by atoms with Crippen molar-refractivity contribution in [3.8, 4) is 5.75 Å². The van der Waals surface area contributed by atoms with Gasteiger partial charge in [0.2, 0.25) is 0 Å². The van der Waals surface area contributed by atoms with Gasteiger partial charge in [0.05, 0.1) is 6.04 Å². The fourth-order valence-corrected chi connectivity index (χ4v) is 2.98. The van der Waals surface area contributed by atoms with E-state index in [0.29, 0.717) is 6.42 Å². The van der Waals surface area contributed by atoms with Crippen molar-refractivity contribution in [1.29, 1.82) is 0 Å². The monoisotopic (exact) mass is 353 g/mol. The fraction of sp³-hybridized carbons (Fsp3) is 0.435. The van der Waals surface area contributed by atoms with Crippen LogP contribution in [-0.4, -0.2) is 12.0 Å². The summed E-state index contributed by atoms with van der Waals surface area (Å²) in [6, 6.07) is 12.4. The van der Waals surface area contributed by atoms with Crippen molar-refractivity contribution in [2.45, 2.75) is 66.5 Å². The molecule has 0 bridgehead atoms. The van der Waals surface area contributed by atoms with Crippen LogP contribution >= 0.6 is 0 Å². The van der Waals surface area contributed by atoms with Crippen LogP contribution in [-0.2, 0) is 4.79 Å². The molecule has 0 spiro atoms. The predicted molar refractivity (Wildman–Crippen MR) is 108 cm³/mol. The molecule has 0 fully saturated rings. The Hall–Kier alpha value is -2.29. The first kappa shape index (κ1) is 20.0. The highest BCUT2D eigenvalue weighted by Crippen LogP contribution is 2.23. The highest BCUT2D eigenvalue weighted by atomic mass is 16.5. The second kappa shape index (κ2) is 8.88. The van der Waals surface area contributed by atoms with Crippen LogP contribution in [0.3, 0.4) is 0 Å². The zero-order valence-corrected chi connectivity index (χ0v) is 16.8. The molecule has 0 aliphatic rings. The molecule has 0 aliphatic heterocycles. The SMILES string of the molecule is CC[C@@H](Oc1cc(C)ccc1C)C(=O)N[C@H](CC)c1ccc(C)c(C)c1. The van der Waals surface area contributed by atoms with Gasteiger partial charge in [-0.1, -0.05) is 44.2 Å². The van der Waals surface area contributed by atoms with Crippen molar-refractivity contribution in [2.75, 3.05) is 0 Å². The van der Waals surface area contributed by atoms with Gasteiger partial charge in [0.1, 0.15) is 5.75 Å². The van der Waals surface area contributed by atoms with Gasteiger partial charge in [0, 0.05) is 0 Å². The lowest BCUT2D eigenvalue weighted by molar-refractivity contribution is -0.129. The van der Waals surface area contributed by atoms with E-state index in [0.717, 1.165) is 28.9 Å². The maximum atomic E-state index is 12.8. The highest BCUT2D eigenvalue weighted by molar-refractivity contribution is 5.81. The molecule has 3 nitrogen and oxygen atoms in total. The third kappa shape index (κ3) is 4.87. The molecule has 1 amide bonds. The summed E-state index contributed by atoms with van der Waals surface area (Å²) >= 11 is 0. The molecular weight excluding hydrogens is 322 g/mol. The molecular formula is C23H31NO2. The summed E-state index contributed by atoms with van der Waals surface area (Å²) in [6.45, 7) is 12.3. The lowest BCUT2D eigenvalue weighted by Crippen LogP contribution is -2.40. The first-order chi connectivity index (χ1) is 12.3. The highest BCUT2D eigenvalue weighted by Gasteiger charge is 2.22. The number of nitrogens with one attached hydrogen (secondary N) is 1. The standard InChI is InChI=1S/C23H31NO2/c1-7-20(19-12-11-16(4)18(6)14-19)24-23(25)21(8-2)26-22-13-15(3)9-10-17(22)5/h9-14,20-21H,7-8H2,1-6H3,(H,24,25)/t20-,21-/m1/s1. The number of ether oxygens (including phenoxy) is 1. The summed E-state index contributed by atoms with van der Waals surface area (Å²) < 4.78 is 6.05. The van der Waals surface area contributed by atoms with Crippen LogP contribution in [0.2, 0.25) is 0 Å². The Kier molecular flexibility index (Phi) is 6.84. The third-order valence-electron chi connectivity index (χ3n) is 4.93. The first-order valence-electron chi connectivity index (χ1n) is 9.47. The number of amides is 1. The number of carbonyl (C=O) groups is 1. The van der Waals surface area contributed by atoms with E-state index in [2.05, 4.69) is 50.4 Å². The molecule has 0 saturated heterocycles. The van der Waals surface area contributed by atoms with Crippen LogP contribution in [0.25, 0.3) is 0 Å². The molecule has 0 heterocycles. The molecule has 0 aromatic heterocycles. The number of aryl methyl sites for hydroxylation is 4. The predicted octanol–water partition coefficient (Wildman–Crippen LogP) is 5.35. The Morgan fingerprint density at radius 1 is 0.923 bits per heavy atom. The van der Waals surface area contributed by atoms with Crippen LogP contribution in [0, 0.1) is 27.7 Å². The minimum atomic E-state index is -0.490. The van der Waals surface area contributed by atoms with E-state index in [1.54, 1.807) is 0 Å². The second-order valence-corrected chi connectivity index (χ2v) is 7.10. The van der Waals surface area contributed by atoms with Crippen molar-refractivity contribution in [2.24, 2.45) is 0 Å². The van der Waals surface area contributed by atoms with E-state index in [4.69, 9.17) is 4.74 Å². The maximum Gasteiger partial charge on any atom is 0.261 e. The number of rotatable bonds is 7. The Morgan fingerprint density at radius 3 is 2.23 bits per heavy atom. The van der Waals surface area contributed by atoms with Crippen LogP contribution < -0.4 is 10.1 Å². The molecule has 0 saturated carbocycles. The Morgan fingerprint density at radius 2 is 1.62 bits per heavy atom. The van der Waals surface area contributed by atoms with Gasteiger partial charge in [-0.2, -0.15) is 0 Å². The summed E-state index contributed by atoms with van der Waals surface area (Å²) in [5.74, 6) is 0.727. The summed E-state index contributed by atoms with van der Waals surface area (Å²) in [5.41, 5.74) is 5.82. The Balaban J connectivity index is 2.13. The molecule has 2 rings (SSSR count). The van der Waals surface area contributed by atoms with Crippen molar-refractivity contribution in [3.05, 3.63) is 64.2 Å². The fourth-order valence-electron chi connectivity index (χ4n) is 2.98. The van der Waals surface area contributed by atoms with Gasteiger partial charge >= 0.3 is 0 Å². The van der Waals surface area contributed by atoms with E-state index in [9.17, 15) is 4.79 Å². The normalized spacial score (nSPS) is 13.2. The van der Waals surface area contributed by atoms with E-state index in [1.165, 1.54) is 11.1 Å². The molecule has 1 N–H and O–H groups in total. The zero-order valence-electron chi connectivity index (χ0n) is 16.8. The molecule has 140 valence electrons. The summed E-state index contributed by atoms with van der Waals surface area (Å²) in [5, 5.41) is 3.17. The van der Waals surface area contributed by atoms with Crippen LogP contribution in [0.1, 0.15) is 60.5 Å².